The lowest BCUT2D eigenvalue weighted by molar-refractivity contribution is -0.142. The zero-order chi connectivity index (χ0) is 20.6. The third-order valence-corrected chi connectivity index (χ3v) is 7.89. The van der Waals surface area contributed by atoms with Gasteiger partial charge in [-0.2, -0.15) is 0 Å². The molecule has 5 heterocycles. The fourth-order valence-corrected chi connectivity index (χ4v) is 6.21. The van der Waals surface area contributed by atoms with Crippen molar-refractivity contribution in [3.8, 4) is 10.6 Å². The molecule has 2 aromatic heterocycles. The van der Waals surface area contributed by atoms with Gasteiger partial charge in [-0.05, 0) is 55.4 Å². The number of anilines is 1. The first-order chi connectivity index (χ1) is 14.6. The van der Waals surface area contributed by atoms with Crippen molar-refractivity contribution in [3.05, 3.63) is 34.7 Å². The van der Waals surface area contributed by atoms with Gasteiger partial charge in [0.05, 0.1) is 22.8 Å². The number of carbonyl (C=O) groups excluding carboxylic acids is 1. The van der Waals surface area contributed by atoms with E-state index in [0.29, 0.717) is 18.2 Å². The van der Waals surface area contributed by atoms with Crippen LogP contribution in [0.2, 0.25) is 0 Å². The fraction of sp³-hybridized carbons (Fsp3) is 0.565. The number of hydrogen-bond acceptors (Lipinski definition) is 6. The maximum absolute atomic E-state index is 12.8. The molecule has 1 amide bonds. The van der Waals surface area contributed by atoms with Gasteiger partial charge in [-0.25, -0.2) is 4.98 Å². The van der Waals surface area contributed by atoms with Crippen LogP contribution in [-0.2, 0) is 26.3 Å². The molecule has 0 radical (unpaired) electrons. The summed E-state index contributed by atoms with van der Waals surface area (Å²) in [7, 11) is 0. The van der Waals surface area contributed by atoms with Crippen LogP contribution in [0, 0.1) is 5.92 Å². The molecule has 0 aliphatic carbocycles. The number of amides is 1. The van der Waals surface area contributed by atoms with Gasteiger partial charge < -0.3 is 20.1 Å². The van der Waals surface area contributed by atoms with Gasteiger partial charge in [0.2, 0.25) is 5.91 Å². The molecule has 5 rings (SSSR count). The number of nitrogens with zero attached hydrogens (tertiary/aromatic N) is 2. The third-order valence-electron chi connectivity index (χ3n) is 6.67. The van der Waals surface area contributed by atoms with E-state index < -0.39 is 0 Å². The highest BCUT2D eigenvalue weighted by atomic mass is 32.1. The SMILES string of the molecule is Nc1cccc(-c2cc3c(s2)CCOC32CCN(C(=O)CC3CCCOC3)CC2)n1. The molecule has 1 spiro atoms. The molecule has 0 bridgehead atoms. The highest BCUT2D eigenvalue weighted by Gasteiger charge is 2.43. The minimum Gasteiger partial charge on any atom is -0.384 e. The van der Waals surface area contributed by atoms with Crippen LogP contribution in [0.15, 0.2) is 24.3 Å². The van der Waals surface area contributed by atoms with Crippen molar-refractivity contribution in [2.45, 2.75) is 44.1 Å². The van der Waals surface area contributed by atoms with E-state index in [1.807, 2.05) is 23.1 Å². The Kier molecular flexibility index (Phi) is 5.52. The molecule has 1 unspecified atom stereocenters. The maximum atomic E-state index is 12.8. The largest absolute Gasteiger partial charge is 0.384 e. The first-order valence-corrected chi connectivity index (χ1v) is 11.8. The highest BCUT2D eigenvalue weighted by molar-refractivity contribution is 7.15. The van der Waals surface area contributed by atoms with E-state index in [4.69, 9.17) is 15.2 Å². The second kappa shape index (κ2) is 8.29. The minimum absolute atomic E-state index is 0.270. The Bertz CT molecular complexity index is 914. The summed E-state index contributed by atoms with van der Waals surface area (Å²) >= 11 is 1.80. The summed E-state index contributed by atoms with van der Waals surface area (Å²) in [4.78, 5) is 21.9. The summed E-state index contributed by atoms with van der Waals surface area (Å²) in [5, 5.41) is 0. The minimum atomic E-state index is -0.270. The molecule has 0 aromatic carbocycles. The number of likely N-dealkylation sites (tertiary alicyclic amines) is 1. The number of rotatable bonds is 3. The topological polar surface area (TPSA) is 77.7 Å². The summed E-state index contributed by atoms with van der Waals surface area (Å²) < 4.78 is 11.9. The molecule has 2 saturated heterocycles. The molecule has 30 heavy (non-hydrogen) atoms. The van der Waals surface area contributed by atoms with Crippen LogP contribution in [-0.4, -0.2) is 48.7 Å². The number of piperidine rings is 1. The molecule has 7 heteroatoms. The molecule has 2 aromatic rings. The van der Waals surface area contributed by atoms with Crippen molar-refractivity contribution >= 4 is 23.1 Å². The van der Waals surface area contributed by atoms with E-state index in [-0.39, 0.29) is 11.5 Å². The van der Waals surface area contributed by atoms with Gasteiger partial charge in [0.1, 0.15) is 5.82 Å². The lowest BCUT2D eigenvalue weighted by Crippen LogP contribution is -2.48. The van der Waals surface area contributed by atoms with E-state index >= 15 is 0 Å². The molecule has 2 fully saturated rings. The second-order valence-corrected chi connectivity index (χ2v) is 9.79. The number of pyridine rings is 1. The standard InChI is InChI=1S/C23H29N3O3S/c24-21-5-1-4-18(25-21)20-14-17-19(30-20)6-12-29-23(17)7-9-26(10-8-23)22(27)13-16-3-2-11-28-15-16/h1,4-5,14,16H,2-3,6-13,15H2,(H2,24,25). The number of thiophene rings is 1. The lowest BCUT2D eigenvalue weighted by atomic mass is 9.82. The van der Waals surface area contributed by atoms with Crippen molar-refractivity contribution in [2.75, 3.05) is 38.6 Å². The van der Waals surface area contributed by atoms with Crippen LogP contribution in [0.25, 0.3) is 10.6 Å². The van der Waals surface area contributed by atoms with Crippen molar-refractivity contribution in [3.63, 3.8) is 0 Å². The van der Waals surface area contributed by atoms with E-state index in [1.165, 1.54) is 10.4 Å². The van der Waals surface area contributed by atoms with E-state index in [0.717, 1.165) is 75.6 Å². The maximum Gasteiger partial charge on any atom is 0.222 e. The monoisotopic (exact) mass is 427 g/mol. The fourth-order valence-electron chi connectivity index (χ4n) is 5.01. The first kappa shape index (κ1) is 20.0. The van der Waals surface area contributed by atoms with Crippen LogP contribution in [0.4, 0.5) is 5.82 Å². The van der Waals surface area contributed by atoms with Crippen LogP contribution < -0.4 is 5.73 Å². The number of nitrogen functional groups attached to an aromatic ring is 1. The predicted octanol–water partition coefficient (Wildman–Crippen LogP) is 3.60. The summed E-state index contributed by atoms with van der Waals surface area (Å²) in [6, 6.07) is 8.02. The molecule has 6 nitrogen and oxygen atoms in total. The Labute approximate surface area is 181 Å². The van der Waals surface area contributed by atoms with Crippen LogP contribution in [0.1, 0.15) is 42.5 Å². The molecule has 160 valence electrons. The second-order valence-electron chi connectivity index (χ2n) is 8.66. The smallest absolute Gasteiger partial charge is 0.222 e. The Balaban J connectivity index is 1.30. The molecule has 1 atom stereocenters. The Morgan fingerprint density at radius 3 is 2.93 bits per heavy atom. The Morgan fingerprint density at radius 1 is 1.30 bits per heavy atom. The summed E-state index contributed by atoms with van der Waals surface area (Å²) in [6.07, 6.45) is 5.43. The molecule has 3 aliphatic heterocycles. The van der Waals surface area contributed by atoms with Crippen molar-refractivity contribution in [1.29, 1.82) is 0 Å². The average Bonchev–Trinajstić information content (AvgIpc) is 3.21. The molecular weight excluding hydrogens is 398 g/mol. The van der Waals surface area contributed by atoms with E-state index in [1.54, 1.807) is 11.3 Å². The highest BCUT2D eigenvalue weighted by Crippen LogP contribution is 2.46. The Hall–Kier alpha value is -1.96. The van der Waals surface area contributed by atoms with Gasteiger partial charge in [-0.15, -0.1) is 11.3 Å². The van der Waals surface area contributed by atoms with Crippen molar-refractivity contribution in [2.24, 2.45) is 5.92 Å². The Morgan fingerprint density at radius 2 is 2.17 bits per heavy atom. The summed E-state index contributed by atoms with van der Waals surface area (Å²) in [5.74, 6) is 1.19. The normalized spacial score (nSPS) is 23.3. The van der Waals surface area contributed by atoms with Crippen LogP contribution >= 0.6 is 11.3 Å². The zero-order valence-corrected chi connectivity index (χ0v) is 18.1. The third kappa shape index (κ3) is 3.86. The number of carbonyl (C=O) groups is 1. The molecular formula is C23H29N3O3S. The number of aromatic nitrogens is 1. The zero-order valence-electron chi connectivity index (χ0n) is 17.3. The van der Waals surface area contributed by atoms with Gasteiger partial charge in [0.15, 0.2) is 0 Å². The van der Waals surface area contributed by atoms with E-state index in [9.17, 15) is 4.79 Å². The summed E-state index contributed by atoms with van der Waals surface area (Å²) in [6.45, 7) is 3.82. The van der Waals surface area contributed by atoms with Crippen molar-refractivity contribution in [1.82, 2.24) is 9.88 Å². The van der Waals surface area contributed by atoms with Gasteiger partial charge in [-0.1, -0.05) is 6.07 Å². The average molecular weight is 428 g/mol. The number of hydrogen-bond donors (Lipinski definition) is 1. The van der Waals surface area contributed by atoms with Crippen LogP contribution in [0.3, 0.4) is 0 Å². The van der Waals surface area contributed by atoms with Crippen LogP contribution in [0.5, 0.6) is 0 Å². The molecule has 0 saturated carbocycles. The number of fused-ring (bicyclic) bond motifs is 2. The summed E-state index contributed by atoms with van der Waals surface area (Å²) in [5.41, 5.74) is 7.84. The molecule has 3 aliphatic rings. The number of ether oxygens (including phenoxy) is 2. The quantitative estimate of drug-likeness (QED) is 0.810. The predicted molar refractivity (Wildman–Crippen MR) is 117 cm³/mol. The number of nitrogens with two attached hydrogens (primary N) is 1. The van der Waals surface area contributed by atoms with Gasteiger partial charge in [0, 0.05) is 44.0 Å². The van der Waals surface area contributed by atoms with Crippen molar-refractivity contribution < 1.29 is 14.3 Å². The lowest BCUT2D eigenvalue weighted by Gasteiger charge is -2.44. The van der Waals surface area contributed by atoms with Gasteiger partial charge >= 0.3 is 0 Å². The van der Waals surface area contributed by atoms with Gasteiger partial charge in [0.25, 0.3) is 0 Å². The first-order valence-electron chi connectivity index (χ1n) is 11.0. The molecule has 2 N–H and O–H groups in total. The van der Waals surface area contributed by atoms with E-state index in [2.05, 4.69) is 11.1 Å². The van der Waals surface area contributed by atoms with Gasteiger partial charge in [-0.3, -0.25) is 4.79 Å².